The zero-order chi connectivity index (χ0) is 22.2. The first-order chi connectivity index (χ1) is 14.3. The molecule has 1 spiro atoms. The molecule has 2 amide bonds. The van der Waals surface area contributed by atoms with Gasteiger partial charge in [-0.2, -0.15) is 0 Å². The van der Waals surface area contributed by atoms with Gasteiger partial charge in [0.15, 0.2) is 0 Å². The molecule has 0 saturated carbocycles. The standard InChI is InChI=1S/C22H34N2O6/c1-6-11-23(13(4)5)20(27)18-22-10-9-15(30-22)16(21(28)29-8-3)17(22)19(26)24(18)14(7-2)12-25/h6,13-18,25H,1,7-12H2,2-5H3/t14-,15+,16-,17-,18?,22?/m0/s1. The second-order valence-electron chi connectivity index (χ2n) is 8.67. The van der Waals surface area contributed by atoms with Crippen molar-refractivity contribution in [3.63, 3.8) is 0 Å². The van der Waals surface area contributed by atoms with E-state index in [2.05, 4.69) is 6.58 Å². The average Bonchev–Trinajstić information content (AvgIpc) is 3.34. The molecule has 6 atom stereocenters. The molecule has 168 valence electrons. The largest absolute Gasteiger partial charge is 0.466 e. The fourth-order valence-electron chi connectivity index (χ4n) is 5.54. The Kier molecular flexibility index (Phi) is 6.57. The van der Waals surface area contributed by atoms with E-state index in [9.17, 15) is 19.5 Å². The quantitative estimate of drug-likeness (QED) is 0.442. The number of likely N-dealkylation sites (tertiary alicyclic amines) is 1. The summed E-state index contributed by atoms with van der Waals surface area (Å²) in [6, 6.07) is -1.50. The summed E-state index contributed by atoms with van der Waals surface area (Å²) in [7, 11) is 0. The maximum Gasteiger partial charge on any atom is 0.312 e. The van der Waals surface area contributed by atoms with Crippen molar-refractivity contribution in [3.8, 4) is 0 Å². The van der Waals surface area contributed by atoms with Gasteiger partial charge in [0, 0.05) is 12.6 Å². The van der Waals surface area contributed by atoms with Crippen molar-refractivity contribution in [2.75, 3.05) is 19.8 Å². The molecular weight excluding hydrogens is 388 g/mol. The van der Waals surface area contributed by atoms with Crippen LogP contribution in [0.15, 0.2) is 12.7 Å². The zero-order valence-electron chi connectivity index (χ0n) is 18.4. The summed E-state index contributed by atoms with van der Waals surface area (Å²) in [5.41, 5.74) is -1.06. The van der Waals surface area contributed by atoms with E-state index in [0.717, 1.165) is 0 Å². The maximum absolute atomic E-state index is 13.8. The van der Waals surface area contributed by atoms with Crippen LogP contribution in [0.25, 0.3) is 0 Å². The normalized spacial score (nSPS) is 33.0. The van der Waals surface area contributed by atoms with Gasteiger partial charge in [-0.1, -0.05) is 13.0 Å². The number of carbonyl (C=O) groups excluding carboxylic acids is 3. The molecule has 0 aromatic carbocycles. The Morgan fingerprint density at radius 3 is 2.67 bits per heavy atom. The summed E-state index contributed by atoms with van der Waals surface area (Å²) in [5.74, 6) is -2.44. The van der Waals surface area contributed by atoms with E-state index in [-0.39, 0.29) is 31.1 Å². The molecule has 3 aliphatic heterocycles. The molecule has 3 rings (SSSR count). The van der Waals surface area contributed by atoms with Gasteiger partial charge in [0.25, 0.3) is 0 Å². The molecule has 2 unspecified atom stereocenters. The Balaban J connectivity index is 2.08. The van der Waals surface area contributed by atoms with Crippen LogP contribution in [0.5, 0.6) is 0 Å². The van der Waals surface area contributed by atoms with Gasteiger partial charge in [0.05, 0.1) is 37.2 Å². The highest BCUT2D eigenvalue weighted by Crippen LogP contribution is 2.59. The predicted octanol–water partition coefficient (Wildman–Crippen LogP) is 1.12. The van der Waals surface area contributed by atoms with Crippen LogP contribution in [0.3, 0.4) is 0 Å². The number of carbonyl (C=O) groups is 3. The van der Waals surface area contributed by atoms with Crippen LogP contribution in [0.1, 0.15) is 47.0 Å². The van der Waals surface area contributed by atoms with Gasteiger partial charge in [-0.25, -0.2) is 0 Å². The Labute approximate surface area is 178 Å². The van der Waals surface area contributed by atoms with Gasteiger partial charge in [-0.3, -0.25) is 14.4 Å². The third-order valence-electron chi connectivity index (χ3n) is 6.84. The van der Waals surface area contributed by atoms with Gasteiger partial charge in [-0.05, 0) is 40.0 Å². The average molecular weight is 423 g/mol. The molecule has 0 radical (unpaired) electrons. The Morgan fingerprint density at radius 1 is 1.43 bits per heavy atom. The van der Waals surface area contributed by atoms with Crippen molar-refractivity contribution >= 4 is 17.8 Å². The number of amides is 2. The third-order valence-corrected chi connectivity index (χ3v) is 6.84. The number of fused-ring (bicyclic) bond motifs is 1. The first kappa shape index (κ1) is 22.7. The highest BCUT2D eigenvalue weighted by Gasteiger charge is 2.75. The van der Waals surface area contributed by atoms with Crippen molar-refractivity contribution in [1.29, 1.82) is 0 Å². The minimum atomic E-state index is -1.06. The molecular formula is C22H34N2O6. The molecule has 2 bridgehead atoms. The lowest BCUT2D eigenvalue weighted by atomic mass is 9.70. The van der Waals surface area contributed by atoms with Crippen LogP contribution in [0, 0.1) is 11.8 Å². The van der Waals surface area contributed by atoms with E-state index in [4.69, 9.17) is 9.47 Å². The van der Waals surface area contributed by atoms with E-state index in [1.807, 2.05) is 20.8 Å². The second kappa shape index (κ2) is 8.67. The Hall–Kier alpha value is -1.93. The van der Waals surface area contributed by atoms with E-state index in [0.29, 0.717) is 25.8 Å². The summed E-state index contributed by atoms with van der Waals surface area (Å²) < 4.78 is 11.6. The van der Waals surface area contributed by atoms with Gasteiger partial charge < -0.3 is 24.4 Å². The number of hydrogen-bond donors (Lipinski definition) is 1. The lowest BCUT2D eigenvalue weighted by Gasteiger charge is -2.40. The molecule has 1 N–H and O–H groups in total. The van der Waals surface area contributed by atoms with Gasteiger partial charge >= 0.3 is 5.97 Å². The maximum atomic E-state index is 13.8. The third kappa shape index (κ3) is 3.24. The number of aliphatic hydroxyl groups is 1. The number of aliphatic hydroxyl groups excluding tert-OH is 1. The van der Waals surface area contributed by atoms with Crippen LogP contribution in [0.4, 0.5) is 0 Å². The molecule has 30 heavy (non-hydrogen) atoms. The van der Waals surface area contributed by atoms with Crippen molar-refractivity contribution in [3.05, 3.63) is 12.7 Å². The van der Waals surface area contributed by atoms with Crippen molar-refractivity contribution in [1.82, 2.24) is 9.80 Å². The summed E-state index contributed by atoms with van der Waals surface area (Å²) in [6.07, 6.45) is 2.86. The molecule has 0 aromatic rings. The summed E-state index contributed by atoms with van der Waals surface area (Å²) in [5, 5.41) is 9.98. The lowest BCUT2D eigenvalue weighted by Crippen LogP contribution is -2.59. The van der Waals surface area contributed by atoms with E-state index in [1.165, 1.54) is 4.90 Å². The predicted molar refractivity (Wildman–Crippen MR) is 109 cm³/mol. The van der Waals surface area contributed by atoms with E-state index >= 15 is 0 Å². The zero-order valence-corrected chi connectivity index (χ0v) is 18.4. The van der Waals surface area contributed by atoms with Gasteiger partial charge in [-0.15, -0.1) is 6.58 Å². The van der Waals surface area contributed by atoms with Crippen LogP contribution < -0.4 is 0 Å². The number of hydrogen-bond acceptors (Lipinski definition) is 6. The Bertz CT molecular complexity index is 706. The molecule has 0 aliphatic carbocycles. The van der Waals surface area contributed by atoms with Crippen molar-refractivity contribution in [2.45, 2.75) is 76.8 Å². The van der Waals surface area contributed by atoms with Crippen molar-refractivity contribution in [2.24, 2.45) is 11.8 Å². The van der Waals surface area contributed by atoms with Crippen LogP contribution in [-0.2, 0) is 23.9 Å². The molecule has 8 nitrogen and oxygen atoms in total. The molecule has 3 saturated heterocycles. The lowest BCUT2D eigenvalue weighted by molar-refractivity contribution is -0.156. The highest BCUT2D eigenvalue weighted by atomic mass is 16.6. The van der Waals surface area contributed by atoms with Crippen molar-refractivity contribution < 1.29 is 29.0 Å². The van der Waals surface area contributed by atoms with Crippen LogP contribution in [0.2, 0.25) is 0 Å². The van der Waals surface area contributed by atoms with Gasteiger partial charge in [0.1, 0.15) is 11.6 Å². The molecule has 3 fully saturated rings. The topological polar surface area (TPSA) is 96.4 Å². The molecule has 0 aromatic heterocycles. The fourth-order valence-corrected chi connectivity index (χ4v) is 5.54. The van der Waals surface area contributed by atoms with E-state index in [1.54, 1.807) is 17.9 Å². The Morgan fingerprint density at radius 2 is 2.13 bits per heavy atom. The number of ether oxygens (including phenoxy) is 2. The number of nitrogens with zero attached hydrogens (tertiary/aromatic N) is 2. The molecule has 8 heteroatoms. The monoisotopic (exact) mass is 422 g/mol. The minimum Gasteiger partial charge on any atom is -0.466 e. The highest BCUT2D eigenvalue weighted by molar-refractivity contribution is 5.98. The van der Waals surface area contributed by atoms with Crippen LogP contribution >= 0.6 is 0 Å². The van der Waals surface area contributed by atoms with Gasteiger partial charge in [0.2, 0.25) is 11.8 Å². The van der Waals surface area contributed by atoms with Crippen LogP contribution in [-0.4, -0.2) is 82.3 Å². The minimum absolute atomic E-state index is 0.100. The number of rotatable bonds is 9. The summed E-state index contributed by atoms with van der Waals surface area (Å²) >= 11 is 0. The second-order valence-corrected chi connectivity index (χ2v) is 8.67. The fraction of sp³-hybridized carbons (Fsp3) is 0.773. The summed E-state index contributed by atoms with van der Waals surface area (Å²) in [4.78, 5) is 43.4. The van der Waals surface area contributed by atoms with E-state index < -0.39 is 41.6 Å². The molecule has 3 aliphatic rings. The SMILES string of the molecule is C=CCN(C(=O)C1N([C@@H](CC)CO)C(=O)[C@@H]2[C@@H](C(=O)OCC)[C@H]3CCC12O3)C(C)C. The first-order valence-corrected chi connectivity index (χ1v) is 11.0. The molecule has 3 heterocycles. The first-order valence-electron chi connectivity index (χ1n) is 11.0. The summed E-state index contributed by atoms with van der Waals surface area (Å²) in [6.45, 7) is 11.5. The number of esters is 1. The smallest absolute Gasteiger partial charge is 0.312 e.